The molecule has 2 atom stereocenters. The average Bonchev–Trinajstić information content (AvgIpc) is 2.20. The van der Waals surface area contributed by atoms with Gasteiger partial charge in [-0.05, 0) is 60.8 Å². The zero-order valence-corrected chi connectivity index (χ0v) is 14.8. The Morgan fingerprint density at radius 3 is 2.26 bits per heavy atom. The molecule has 0 aliphatic rings. The van der Waals surface area contributed by atoms with Crippen molar-refractivity contribution < 1.29 is 0 Å². The van der Waals surface area contributed by atoms with E-state index in [0.29, 0.717) is 11.3 Å². The van der Waals surface area contributed by atoms with E-state index in [1.165, 1.54) is 27.6 Å². The number of nitrogens with two attached hydrogens (primary N) is 1. The molecular weight excluding hydrogens is 298 g/mol. The highest BCUT2D eigenvalue weighted by Gasteiger charge is 2.19. The molecule has 1 aromatic rings. The highest BCUT2D eigenvalue weighted by Crippen LogP contribution is 2.32. The van der Waals surface area contributed by atoms with Crippen molar-refractivity contribution in [2.45, 2.75) is 60.4 Å². The van der Waals surface area contributed by atoms with Crippen LogP contribution in [-0.4, -0.2) is 0 Å². The molecule has 2 N–H and O–H groups in total. The van der Waals surface area contributed by atoms with Gasteiger partial charge in [-0.1, -0.05) is 49.7 Å². The van der Waals surface area contributed by atoms with Crippen molar-refractivity contribution in [1.82, 2.24) is 0 Å². The van der Waals surface area contributed by atoms with E-state index in [1.54, 1.807) is 0 Å². The van der Waals surface area contributed by atoms with Crippen LogP contribution < -0.4 is 5.73 Å². The second kappa shape index (κ2) is 6.41. The molecule has 2 heteroatoms. The van der Waals surface area contributed by atoms with E-state index in [2.05, 4.69) is 69.6 Å². The van der Waals surface area contributed by atoms with Crippen LogP contribution in [0.15, 0.2) is 16.6 Å². The summed E-state index contributed by atoms with van der Waals surface area (Å²) < 4.78 is 1.17. The first-order chi connectivity index (χ1) is 8.60. The van der Waals surface area contributed by atoms with Crippen molar-refractivity contribution >= 4 is 15.9 Å². The fourth-order valence-electron chi connectivity index (χ4n) is 2.89. The van der Waals surface area contributed by atoms with Crippen LogP contribution in [0.5, 0.6) is 0 Å². The van der Waals surface area contributed by atoms with Gasteiger partial charge in [-0.15, -0.1) is 0 Å². The predicted molar refractivity (Wildman–Crippen MR) is 88.4 cm³/mol. The molecule has 2 unspecified atom stereocenters. The summed E-state index contributed by atoms with van der Waals surface area (Å²) in [7, 11) is 0. The Morgan fingerprint density at radius 2 is 1.74 bits per heavy atom. The summed E-state index contributed by atoms with van der Waals surface area (Å²) >= 11 is 3.58. The summed E-state index contributed by atoms with van der Waals surface area (Å²) in [6, 6.07) is 4.55. The minimum atomic E-state index is 0.143. The molecule has 0 heterocycles. The normalized spacial score (nSPS) is 15.4. The quantitative estimate of drug-likeness (QED) is 0.773. The molecule has 0 amide bonds. The van der Waals surface area contributed by atoms with Crippen molar-refractivity contribution in [3.05, 3.63) is 33.3 Å². The first-order valence-electron chi connectivity index (χ1n) is 7.12. The van der Waals surface area contributed by atoms with Crippen LogP contribution in [0.3, 0.4) is 0 Å². The minimum Gasteiger partial charge on any atom is -0.324 e. The van der Waals surface area contributed by atoms with Crippen molar-refractivity contribution in [3.63, 3.8) is 0 Å². The lowest BCUT2D eigenvalue weighted by molar-refractivity contribution is 0.286. The lowest BCUT2D eigenvalue weighted by Crippen LogP contribution is -2.19. The number of hydrogen-bond acceptors (Lipinski definition) is 1. The monoisotopic (exact) mass is 325 g/mol. The van der Waals surface area contributed by atoms with Crippen molar-refractivity contribution in [2.24, 2.45) is 17.1 Å². The molecule has 0 aliphatic heterocycles. The van der Waals surface area contributed by atoms with Crippen LogP contribution in [0.2, 0.25) is 0 Å². The maximum absolute atomic E-state index is 6.42. The Kier molecular flexibility index (Phi) is 5.64. The van der Waals surface area contributed by atoms with Crippen LogP contribution >= 0.6 is 15.9 Å². The van der Waals surface area contributed by atoms with Crippen LogP contribution in [-0.2, 0) is 0 Å². The Bertz CT molecular complexity index is 432. The van der Waals surface area contributed by atoms with E-state index in [1.807, 2.05) is 0 Å². The van der Waals surface area contributed by atoms with Crippen LogP contribution in [0.25, 0.3) is 0 Å². The molecule has 1 nitrogen and oxygen atoms in total. The molecule has 0 radical (unpaired) electrons. The third-order valence-electron chi connectivity index (χ3n) is 3.56. The second-order valence-electron chi connectivity index (χ2n) is 7.17. The van der Waals surface area contributed by atoms with Crippen LogP contribution in [0.1, 0.15) is 63.3 Å². The summed E-state index contributed by atoms with van der Waals surface area (Å²) in [5.74, 6) is 0.651. The summed E-state index contributed by atoms with van der Waals surface area (Å²) in [6.45, 7) is 13.5. The van der Waals surface area contributed by atoms with Gasteiger partial charge in [0.05, 0.1) is 0 Å². The molecule has 1 rings (SSSR count). The average molecular weight is 326 g/mol. The molecule has 1 aromatic carbocycles. The summed E-state index contributed by atoms with van der Waals surface area (Å²) in [5.41, 5.74) is 10.6. The molecule has 0 fully saturated rings. The summed E-state index contributed by atoms with van der Waals surface area (Å²) in [5, 5.41) is 0. The Hall–Kier alpha value is -0.340. The van der Waals surface area contributed by atoms with E-state index in [0.717, 1.165) is 6.42 Å². The number of aryl methyl sites for hydroxylation is 2. The molecule has 0 bridgehead atoms. The lowest BCUT2D eigenvalue weighted by atomic mass is 9.81. The van der Waals surface area contributed by atoms with Gasteiger partial charge >= 0.3 is 0 Å². The highest BCUT2D eigenvalue weighted by molar-refractivity contribution is 9.10. The highest BCUT2D eigenvalue weighted by atomic mass is 79.9. The van der Waals surface area contributed by atoms with E-state index in [-0.39, 0.29) is 6.04 Å². The molecule has 0 saturated carbocycles. The van der Waals surface area contributed by atoms with Crippen molar-refractivity contribution in [1.29, 1.82) is 0 Å². The second-order valence-corrected chi connectivity index (χ2v) is 8.02. The Morgan fingerprint density at radius 1 is 1.16 bits per heavy atom. The predicted octanol–water partition coefficient (Wildman–Crippen LogP) is 5.53. The smallest absolute Gasteiger partial charge is 0.0300 e. The topological polar surface area (TPSA) is 26.0 Å². The summed E-state index contributed by atoms with van der Waals surface area (Å²) in [6.07, 6.45) is 2.27. The SMILES string of the molecule is Cc1cc(C(N)CC(C)CC(C)(C)C)c(C)cc1Br. The lowest BCUT2D eigenvalue weighted by Gasteiger charge is -2.26. The first-order valence-corrected chi connectivity index (χ1v) is 7.91. The van der Waals surface area contributed by atoms with Crippen molar-refractivity contribution in [2.75, 3.05) is 0 Å². The van der Waals surface area contributed by atoms with Gasteiger partial charge in [-0.3, -0.25) is 0 Å². The van der Waals surface area contributed by atoms with Gasteiger partial charge < -0.3 is 5.73 Å². The number of rotatable bonds is 4. The fraction of sp³-hybridized carbons (Fsp3) is 0.647. The minimum absolute atomic E-state index is 0.143. The number of hydrogen-bond donors (Lipinski definition) is 1. The number of halogens is 1. The van der Waals surface area contributed by atoms with Crippen molar-refractivity contribution in [3.8, 4) is 0 Å². The summed E-state index contributed by atoms with van der Waals surface area (Å²) in [4.78, 5) is 0. The molecule has 0 aliphatic carbocycles. The van der Waals surface area contributed by atoms with Gasteiger partial charge in [-0.25, -0.2) is 0 Å². The zero-order valence-electron chi connectivity index (χ0n) is 13.2. The fourth-order valence-corrected chi connectivity index (χ4v) is 3.35. The zero-order chi connectivity index (χ0) is 14.8. The standard InChI is InChI=1S/C17H28BrN/c1-11(10-17(4,5)6)7-16(19)14-8-13(3)15(18)9-12(14)2/h8-9,11,16H,7,10,19H2,1-6H3. The van der Waals surface area contributed by atoms with Gasteiger partial charge in [-0.2, -0.15) is 0 Å². The van der Waals surface area contributed by atoms with Gasteiger partial charge in [0.2, 0.25) is 0 Å². The molecule has 0 aromatic heterocycles. The van der Waals surface area contributed by atoms with E-state index in [9.17, 15) is 0 Å². The molecule has 108 valence electrons. The van der Waals surface area contributed by atoms with Crippen LogP contribution in [0.4, 0.5) is 0 Å². The first kappa shape index (κ1) is 16.7. The van der Waals surface area contributed by atoms with E-state index >= 15 is 0 Å². The third-order valence-corrected chi connectivity index (χ3v) is 4.42. The maximum atomic E-state index is 6.42. The molecular formula is C17H28BrN. The molecule has 0 saturated heterocycles. The van der Waals surface area contributed by atoms with Gasteiger partial charge in [0, 0.05) is 10.5 Å². The van der Waals surface area contributed by atoms with Gasteiger partial charge in [0.25, 0.3) is 0 Å². The van der Waals surface area contributed by atoms with E-state index < -0.39 is 0 Å². The molecule has 19 heavy (non-hydrogen) atoms. The Labute approximate surface area is 127 Å². The Balaban J connectivity index is 2.78. The van der Waals surface area contributed by atoms with E-state index in [4.69, 9.17) is 5.73 Å². The van der Waals surface area contributed by atoms with Crippen LogP contribution in [0, 0.1) is 25.2 Å². The largest absolute Gasteiger partial charge is 0.324 e. The third kappa shape index (κ3) is 5.27. The maximum Gasteiger partial charge on any atom is 0.0300 e. The van der Waals surface area contributed by atoms with Gasteiger partial charge in [0.15, 0.2) is 0 Å². The number of benzene rings is 1. The molecule has 0 spiro atoms. The van der Waals surface area contributed by atoms with Gasteiger partial charge in [0.1, 0.15) is 0 Å².